The van der Waals surface area contributed by atoms with Gasteiger partial charge in [0, 0.05) is 49.1 Å². The fourth-order valence-electron chi connectivity index (χ4n) is 9.00. The van der Waals surface area contributed by atoms with Gasteiger partial charge < -0.3 is 44.3 Å². The molecule has 330 valence electrons. The number of aliphatic hydroxyl groups excluding tert-OH is 1. The second kappa shape index (κ2) is 19.0. The van der Waals surface area contributed by atoms with E-state index in [2.05, 4.69) is 15.7 Å². The first-order chi connectivity index (χ1) is 28.2. The van der Waals surface area contributed by atoms with Gasteiger partial charge in [0.05, 0.1) is 17.8 Å². The number of aryl methyl sites for hydroxylation is 1. The van der Waals surface area contributed by atoms with Gasteiger partial charge in [-0.05, 0) is 72.7 Å². The maximum absolute atomic E-state index is 14.4. The predicted molar refractivity (Wildman–Crippen MR) is 221 cm³/mol. The zero-order chi connectivity index (χ0) is 44.3. The lowest BCUT2D eigenvalue weighted by Crippen LogP contribution is -2.60. The number of ketones is 2. The first kappa shape index (κ1) is 46.4. The molecule has 3 aliphatic heterocycles. The smallest absolute Gasteiger partial charge is 0.408 e. The molecule has 4 heterocycles. The van der Waals surface area contributed by atoms with E-state index in [0.29, 0.717) is 6.42 Å². The van der Waals surface area contributed by atoms with Crippen LogP contribution < -0.4 is 10.6 Å². The molecule has 0 bridgehead atoms. The van der Waals surface area contributed by atoms with E-state index < -0.39 is 89.5 Å². The van der Waals surface area contributed by atoms with Crippen molar-refractivity contribution in [2.45, 2.75) is 129 Å². The molecule has 0 aliphatic carbocycles. The first-order valence-electron chi connectivity index (χ1n) is 20.8. The van der Waals surface area contributed by atoms with Gasteiger partial charge in [-0.2, -0.15) is 5.10 Å². The van der Waals surface area contributed by atoms with E-state index in [1.807, 2.05) is 75.6 Å². The normalized spacial score (nSPS) is 35.6. The van der Waals surface area contributed by atoms with Crippen LogP contribution in [-0.2, 0) is 45.1 Å². The lowest BCUT2D eigenvalue weighted by atomic mass is 9.73. The number of nitrogens with zero attached hydrogens (tertiary/aromatic N) is 3. The number of hydrogen-bond acceptors (Lipinski definition) is 13. The Bertz CT molecular complexity index is 1900. The number of aliphatic hydroxyl groups is 1. The standard InChI is InChI=1S/C44H63N5O11/c1-12-33-44(8)37(46-42(55)60-44)26(4)34(50)24(2)23-43(7,59-41(54)45-20-13-14-29-15-17-30(18-16-29)31-19-21-49(11)47-31)38(27(5)35(51)28(6)39(53)57-33)58-40-36(52)32(48(9)10)22-25(3)56-40/h13-19,21,24-28,32-33,36-38,40,52H,12,20,22-23H2,1-11H3,(H,45,54)(H,46,55)/b14-13+/t24-,25-,26+,27+,28-,32+,33-,36-,37+,38-,40+,43-,44-/m1/s1. The van der Waals surface area contributed by atoms with Crippen LogP contribution >= 0.6 is 0 Å². The number of Topliss-reactive ketones (excluding diaryl/α,β-unsaturated/α-hetero) is 2. The lowest BCUT2D eigenvalue weighted by molar-refractivity contribution is -0.292. The van der Waals surface area contributed by atoms with E-state index in [-0.39, 0.29) is 37.3 Å². The Morgan fingerprint density at radius 1 is 1.05 bits per heavy atom. The van der Waals surface area contributed by atoms with Crippen molar-refractivity contribution in [1.29, 1.82) is 0 Å². The number of benzene rings is 1. The molecule has 0 unspecified atom stereocenters. The van der Waals surface area contributed by atoms with Gasteiger partial charge in [-0.1, -0.05) is 64.1 Å². The number of hydrogen-bond donors (Lipinski definition) is 3. The number of cyclic esters (lactones) is 1. The molecule has 0 radical (unpaired) electrons. The van der Waals surface area contributed by atoms with Crippen LogP contribution in [-0.4, -0.2) is 124 Å². The van der Waals surface area contributed by atoms with Crippen LogP contribution in [0.25, 0.3) is 17.3 Å². The number of aromatic nitrogens is 2. The summed E-state index contributed by atoms with van der Waals surface area (Å²) in [7, 11) is 5.51. The molecule has 2 aromatic rings. The molecule has 2 amide bonds. The number of fused-ring (bicyclic) bond motifs is 1. The van der Waals surface area contributed by atoms with Crippen LogP contribution in [0.1, 0.15) is 80.2 Å². The number of ether oxygens (including phenoxy) is 5. The van der Waals surface area contributed by atoms with Crippen LogP contribution in [0, 0.1) is 23.7 Å². The van der Waals surface area contributed by atoms with E-state index >= 15 is 0 Å². The highest BCUT2D eigenvalue weighted by Crippen LogP contribution is 2.40. The summed E-state index contributed by atoms with van der Waals surface area (Å²) in [6.07, 6.45) is -0.735. The van der Waals surface area contributed by atoms with Crippen molar-refractivity contribution >= 4 is 35.8 Å². The SMILES string of the molecule is CC[C@H]1OC(=O)[C@H](C)C(=O)[C@H](C)[C@@H](O[C@@H]2O[C@H](C)C[C@H](N(C)C)[C@H]2O)[C@](C)(OC(=O)NC/C=C/c2ccc(-c3ccn(C)n3)cc2)C[C@@H](C)C(=O)[C@H](C)[C@@H]2NC(=O)O[C@]12C. The molecule has 1 aromatic heterocycles. The molecular weight excluding hydrogens is 775 g/mol. The monoisotopic (exact) mass is 837 g/mol. The summed E-state index contributed by atoms with van der Waals surface area (Å²) in [6, 6.07) is 8.42. The average molecular weight is 838 g/mol. The van der Waals surface area contributed by atoms with Crippen LogP contribution in [0.5, 0.6) is 0 Å². The van der Waals surface area contributed by atoms with Crippen molar-refractivity contribution in [3.05, 3.63) is 48.2 Å². The van der Waals surface area contributed by atoms with Crippen LogP contribution in [0.15, 0.2) is 42.6 Å². The third kappa shape index (κ3) is 10.1. The zero-order valence-electron chi connectivity index (χ0n) is 36.7. The molecule has 0 spiro atoms. The summed E-state index contributed by atoms with van der Waals surface area (Å²) in [6.45, 7) is 13.2. The van der Waals surface area contributed by atoms with Crippen molar-refractivity contribution in [1.82, 2.24) is 25.3 Å². The quantitative estimate of drug-likeness (QED) is 0.179. The third-order valence-electron chi connectivity index (χ3n) is 12.4. The Morgan fingerprint density at radius 2 is 1.73 bits per heavy atom. The number of alkyl carbamates (subject to hydrolysis) is 2. The van der Waals surface area contributed by atoms with Crippen LogP contribution in [0.4, 0.5) is 9.59 Å². The molecule has 16 nitrogen and oxygen atoms in total. The Balaban J connectivity index is 1.48. The van der Waals surface area contributed by atoms with Crippen molar-refractivity contribution in [3.8, 4) is 11.3 Å². The summed E-state index contributed by atoms with van der Waals surface area (Å²) in [5.74, 6) is -5.95. The fourth-order valence-corrected chi connectivity index (χ4v) is 9.00. The fraction of sp³-hybridized carbons (Fsp3) is 0.636. The number of rotatable bonds is 9. The maximum Gasteiger partial charge on any atom is 0.408 e. The highest BCUT2D eigenvalue weighted by molar-refractivity contribution is 6.00. The number of esters is 1. The minimum Gasteiger partial charge on any atom is -0.458 e. The van der Waals surface area contributed by atoms with Crippen LogP contribution in [0.2, 0.25) is 0 Å². The molecule has 3 saturated heterocycles. The summed E-state index contributed by atoms with van der Waals surface area (Å²) in [5.41, 5.74) is -0.486. The van der Waals surface area contributed by atoms with E-state index in [1.165, 1.54) is 6.92 Å². The Kier molecular flexibility index (Phi) is 14.7. The third-order valence-corrected chi connectivity index (χ3v) is 12.4. The van der Waals surface area contributed by atoms with Crippen molar-refractivity contribution in [3.63, 3.8) is 0 Å². The van der Waals surface area contributed by atoms with Gasteiger partial charge in [0.25, 0.3) is 0 Å². The molecule has 5 rings (SSSR count). The summed E-state index contributed by atoms with van der Waals surface area (Å²) in [5, 5.41) is 21.5. The largest absolute Gasteiger partial charge is 0.458 e. The topological polar surface area (TPSA) is 197 Å². The van der Waals surface area contributed by atoms with Crippen molar-refractivity contribution in [2.75, 3.05) is 20.6 Å². The Labute approximate surface area is 352 Å². The molecule has 3 fully saturated rings. The average Bonchev–Trinajstić information content (AvgIpc) is 3.78. The number of nitrogens with one attached hydrogen (secondary N) is 2. The molecule has 60 heavy (non-hydrogen) atoms. The van der Waals surface area contributed by atoms with Gasteiger partial charge in [0.15, 0.2) is 17.7 Å². The van der Waals surface area contributed by atoms with Crippen molar-refractivity contribution < 1.29 is 52.8 Å². The van der Waals surface area contributed by atoms with E-state index in [0.717, 1.165) is 16.8 Å². The van der Waals surface area contributed by atoms with E-state index in [9.17, 15) is 29.1 Å². The Morgan fingerprint density at radius 3 is 2.35 bits per heavy atom. The molecule has 0 saturated carbocycles. The maximum atomic E-state index is 14.4. The first-order valence-corrected chi connectivity index (χ1v) is 20.8. The molecular formula is C44H63N5O11. The predicted octanol–water partition coefficient (Wildman–Crippen LogP) is 4.67. The summed E-state index contributed by atoms with van der Waals surface area (Å²) >= 11 is 0. The second-order valence-corrected chi connectivity index (χ2v) is 17.3. The minimum absolute atomic E-state index is 0.0658. The van der Waals surface area contributed by atoms with Crippen LogP contribution in [0.3, 0.4) is 0 Å². The van der Waals surface area contributed by atoms with Gasteiger partial charge >= 0.3 is 18.2 Å². The number of amides is 2. The Hall–Kier alpha value is -4.64. The minimum atomic E-state index is -1.74. The number of carbonyl (C=O) groups excluding carboxylic acids is 5. The summed E-state index contributed by atoms with van der Waals surface area (Å²) < 4.78 is 32.4. The van der Waals surface area contributed by atoms with Crippen molar-refractivity contribution in [2.24, 2.45) is 30.7 Å². The number of likely N-dealkylation sites (N-methyl/N-ethyl adjacent to an activating group) is 1. The van der Waals surface area contributed by atoms with Gasteiger partial charge in [-0.3, -0.25) is 19.1 Å². The molecule has 1 aromatic carbocycles. The molecule has 16 heteroatoms. The number of carbonyl (C=O) groups is 5. The van der Waals surface area contributed by atoms with Gasteiger partial charge in [0.2, 0.25) is 0 Å². The second-order valence-electron chi connectivity index (χ2n) is 17.3. The van der Waals surface area contributed by atoms with E-state index in [1.54, 1.807) is 52.3 Å². The van der Waals surface area contributed by atoms with Gasteiger partial charge in [-0.15, -0.1) is 0 Å². The molecule has 3 N–H and O–H groups in total. The van der Waals surface area contributed by atoms with Gasteiger partial charge in [0.1, 0.15) is 35.6 Å². The highest BCUT2D eigenvalue weighted by Gasteiger charge is 2.57. The zero-order valence-corrected chi connectivity index (χ0v) is 36.7. The molecule has 3 aliphatic rings. The van der Waals surface area contributed by atoms with E-state index in [4.69, 9.17) is 23.7 Å². The van der Waals surface area contributed by atoms with Gasteiger partial charge in [-0.25, -0.2) is 9.59 Å². The highest BCUT2D eigenvalue weighted by atomic mass is 16.7. The molecule has 13 atom stereocenters. The summed E-state index contributed by atoms with van der Waals surface area (Å²) in [4.78, 5) is 71.1. The lowest BCUT2D eigenvalue weighted by Gasteiger charge is -2.47.